The second-order valence-corrected chi connectivity index (χ2v) is 6.41. The van der Waals surface area contributed by atoms with E-state index in [1.54, 1.807) is 6.92 Å². The van der Waals surface area contributed by atoms with Gasteiger partial charge in [0.25, 0.3) is 0 Å². The van der Waals surface area contributed by atoms with Crippen molar-refractivity contribution in [2.45, 2.75) is 58.4 Å². The fraction of sp³-hybridized carbons (Fsp3) is 0.875. The van der Waals surface area contributed by atoms with Crippen LogP contribution in [0.1, 0.15) is 52.9 Å². The molecule has 0 aromatic rings. The molecule has 1 aliphatic heterocycles. The Morgan fingerprint density at radius 2 is 2.14 bits per heavy atom. The van der Waals surface area contributed by atoms with E-state index in [9.17, 15) is 9.59 Å². The van der Waals surface area contributed by atoms with Gasteiger partial charge in [-0.05, 0) is 51.1 Å². The van der Waals surface area contributed by atoms with Gasteiger partial charge in [0.05, 0.1) is 7.11 Å². The summed E-state index contributed by atoms with van der Waals surface area (Å²) in [7, 11) is 1.36. The van der Waals surface area contributed by atoms with Crippen molar-refractivity contribution in [1.29, 1.82) is 0 Å². The molecular formula is C16H31ClN2O3. The van der Waals surface area contributed by atoms with Crippen LogP contribution in [0.5, 0.6) is 0 Å². The van der Waals surface area contributed by atoms with Crippen LogP contribution in [0.25, 0.3) is 0 Å². The number of carbonyl (C=O) groups excluding carboxylic acids is 2. The monoisotopic (exact) mass is 334 g/mol. The van der Waals surface area contributed by atoms with Crippen LogP contribution in [0.3, 0.4) is 0 Å². The minimum absolute atomic E-state index is 0. The molecule has 22 heavy (non-hydrogen) atoms. The van der Waals surface area contributed by atoms with Gasteiger partial charge in [0.1, 0.15) is 5.54 Å². The van der Waals surface area contributed by atoms with Gasteiger partial charge < -0.3 is 15.4 Å². The first-order chi connectivity index (χ1) is 9.92. The van der Waals surface area contributed by atoms with Crippen molar-refractivity contribution < 1.29 is 14.3 Å². The van der Waals surface area contributed by atoms with Gasteiger partial charge in [-0.3, -0.25) is 4.79 Å². The Morgan fingerprint density at radius 1 is 1.45 bits per heavy atom. The maximum absolute atomic E-state index is 12.3. The Balaban J connectivity index is 0.00000441. The number of carbonyl (C=O) groups is 2. The molecule has 0 spiro atoms. The molecule has 6 heteroatoms. The molecule has 0 radical (unpaired) electrons. The summed E-state index contributed by atoms with van der Waals surface area (Å²) < 4.78 is 4.83. The number of rotatable bonds is 7. The molecule has 3 atom stereocenters. The fourth-order valence-corrected chi connectivity index (χ4v) is 3.12. The lowest BCUT2D eigenvalue weighted by molar-refractivity contribution is -0.150. The molecule has 0 aromatic heterocycles. The van der Waals surface area contributed by atoms with Crippen LogP contribution in [0.4, 0.5) is 0 Å². The van der Waals surface area contributed by atoms with Crippen molar-refractivity contribution in [3.63, 3.8) is 0 Å². The predicted molar refractivity (Wildman–Crippen MR) is 90.1 cm³/mol. The first-order valence-electron chi connectivity index (χ1n) is 8.03. The molecule has 130 valence electrons. The minimum atomic E-state index is -0.912. The molecule has 5 nitrogen and oxygen atoms in total. The average molecular weight is 335 g/mol. The molecule has 2 N–H and O–H groups in total. The predicted octanol–water partition coefficient (Wildman–Crippen LogP) is 2.28. The van der Waals surface area contributed by atoms with Gasteiger partial charge in [0.15, 0.2) is 0 Å². The van der Waals surface area contributed by atoms with Crippen molar-refractivity contribution in [3.05, 3.63) is 0 Å². The zero-order chi connectivity index (χ0) is 15.9. The van der Waals surface area contributed by atoms with E-state index in [0.29, 0.717) is 24.7 Å². The number of halogens is 1. The van der Waals surface area contributed by atoms with Crippen molar-refractivity contribution >= 4 is 24.3 Å². The van der Waals surface area contributed by atoms with Crippen molar-refractivity contribution in [1.82, 2.24) is 10.6 Å². The number of hydrogen-bond acceptors (Lipinski definition) is 4. The molecule has 0 aromatic carbocycles. The van der Waals surface area contributed by atoms with Crippen molar-refractivity contribution in [2.75, 3.05) is 20.2 Å². The Kier molecular flexibility index (Phi) is 9.69. The number of ether oxygens (including phenoxy) is 1. The second kappa shape index (κ2) is 10.1. The van der Waals surface area contributed by atoms with E-state index < -0.39 is 5.54 Å². The largest absolute Gasteiger partial charge is 0.467 e. The number of methoxy groups -OCH3 is 1. The molecule has 1 aliphatic rings. The molecule has 0 aliphatic carbocycles. The molecule has 1 rings (SSSR count). The Labute approximate surface area is 140 Å². The zero-order valence-corrected chi connectivity index (χ0v) is 15.1. The fourth-order valence-electron chi connectivity index (χ4n) is 3.12. The summed E-state index contributed by atoms with van der Waals surface area (Å²) >= 11 is 0. The van der Waals surface area contributed by atoms with Gasteiger partial charge >= 0.3 is 5.97 Å². The number of piperidine rings is 1. The highest BCUT2D eigenvalue weighted by molar-refractivity contribution is 5.87. The quantitative estimate of drug-likeness (QED) is 0.701. The van der Waals surface area contributed by atoms with Crippen LogP contribution in [-0.2, 0) is 14.3 Å². The van der Waals surface area contributed by atoms with Crippen molar-refractivity contribution in [2.24, 2.45) is 11.8 Å². The maximum atomic E-state index is 12.3. The SMILES string of the molecule is CCCC(C)(NC(=O)CC(C)C1CCCNC1)C(=O)OC.Cl. The van der Waals surface area contributed by atoms with Crippen LogP contribution in [0.2, 0.25) is 0 Å². The molecule has 1 amide bonds. The summed E-state index contributed by atoms with van der Waals surface area (Å²) in [5.41, 5.74) is -0.912. The number of nitrogens with one attached hydrogen (secondary N) is 2. The second-order valence-electron chi connectivity index (χ2n) is 6.41. The zero-order valence-electron chi connectivity index (χ0n) is 14.2. The Bertz CT molecular complexity index is 359. The smallest absolute Gasteiger partial charge is 0.331 e. The lowest BCUT2D eigenvalue weighted by Crippen LogP contribution is -2.53. The Hall–Kier alpha value is -0.810. The molecular weight excluding hydrogens is 304 g/mol. The lowest BCUT2D eigenvalue weighted by atomic mass is 9.85. The van der Waals surface area contributed by atoms with Crippen LogP contribution in [-0.4, -0.2) is 37.6 Å². The van der Waals surface area contributed by atoms with E-state index in [2.05, 4.69) is 17.6 Å². The number of esters is 1. The van der Waals surface area contributed by atoms with Crippen LogP contribution in [0, 0.1) is 11.8 Å². The topological polar surface area (TPSA) is 67.4 Å². The van der Waals surface area contributed by atoms with Crippen LogP contribution in [0.15, 0.2) is 0 Å². The third-order valence-electron chi connectivity index (χ3n) is 4.45. The van der Waals surface area contributed by atoms with E-state index in [1.807, 2.05) is 6.92 Å². The van der Waals surface area contributed by atoms with E-state index in [4.69, 9.17) is 4.74 Å². The summed E-state index contributed by atoms with van der Waals surface area (Å²) in [4.78, 5) is 24.2. The third-order valence-corrected chi connectivity index (χ3v) is 4.45. The van der Waals surface area contributed by atoms with Gasteiger partial charge in [-0.25, -0.2) is 4.79 Å². The Morgan fingerprint density at radius 3 is 2.64 bits per heavy atom. The average Bonchev–Trinajstić information content (AvgIpc) is 2.47. The molecule has 0 saturated carbocycles. The van der Waals surface area contributed by atoms with Crippen LogP contribution >= 0.6 is 12.4 Å². The van der Waals surface area contributed by atoms with E-state index in [1.165, 1.54) is 20.0 Å². The van der Waals surface area contributed by atoms with Gasteiger partial charge in [-0.2, -0.15) is 0 Å². The standard InChI is InChI=1S/C16H30N2O3.ClH/c1-5-8-16(3,15(20)21-4)18-14(19)10-12(2)13-7-6-9-17-11-13;/h12-13,17H,5-11H2,1-4H3,(H,18,19);1H. The van der Waals surface area contributed by atoms with Gasteiger partial charge in [-0.1, -0.05) is 20.3 Å². The third kappa shape index (κ3) is 6.13. The van der Waals surface area contributed by atoms with Crippen LogP contribution < -0.4 is 10.6 Å². The lowest BCUT2D eigenvalue weighted by Gasteiger charge is -2.31. The molecule has 1 fully saturated rings. The molecule has 1 saturated heterocycles. The van der Waals surface area contributed by atoms with Gasteiger partial charge in [0, 0.05) is 6.42 Å². The van der Waals surface area contributed by atoms with E-state index in [0.717, 1.165) is 19.5 Å². The van der Waals surface area contributed by atoms with Crippen molar-refractivity contribution in [3.8, 4) is 0 Å². The number of hydrogen-bond donors (Lipinski definition) is 2. The normalized spacial score (nSPS) is 21.9. The van der Waals surface area contributed by atoms with Gasteiger partial charge in [-0.15, -0.1) is 12.4 Å². The minimum Gasteiger partial charge on any atom is -0.467 e. The first kappa shape index (κ1) is 21.2. The summed E-state index contributed by atoms with van der Waals surface area (Å²) in [6.07, 6.45) is 4.21. The number of amides is 1. The summed E-state index contributed by atoms with van der Waals surface area (Å²) in [6.45, 7) is 7.91. The first-order valence-corrected chi connectivity index (χ1v) is 8.03. The van der Waals surface area contributed by atoms with E-state index in [-0.39, 0.29) is 24.3 Å². The molecule has 0 bridgehead atoms. The highest BCUT2D eigenvalue weighted by Crippen LogP contribution is 2.23. The molecule has 3 unspecified atom stereocenters. The highest BCUT2D eigenvalue weighted by atomic mass is 35.5. The summed E-state index contributed by atoms with van der Waals surface area (Å²) in [5.74, 6) is 0.431. The van der Waals surface area contributed by atoms with E-state index >= 15 is 0 Å². The highest BCUT2D eigenvalue weighted by Gasteiger charge is 2.35. The summed E-state index contributed by atoms with van der Waals surface area (Å²) in [6, 6.07) is 0. The molecule has 1 heterocycles. The van der Waals surface area contributed by atoms with Gasteiger partial charge in [0.2, 0.25) is 5.91 Å². The summed E-state index contributed by atoms with van der Waals surface area (Å²) in [5, 5.41) is 6.26. The maximum Gasteiger partial charge on any atom is 0.331 e.